The molecule has 3 heterocycles. The van der Waals surface area contributed by atoms with Gasteiger partial charge in [0.2, 0.25) is 0 Å². The van der Waals surface area contributed by atoms with Crippen molar-refractivity contribution >= 4 is 6.09 Å². The first-order valence-electron chi connectivity index (χ1n) is 11.7. The van der Waals surface area contributed by atoms with Gasteiger partial charge in [0.25, 0.3) is 5.56 Å². The summed E-state index contributed by atoms with van der Waals surface area (Å²) in [4.78, 5) is 29.8. The zero-order valence-electron chi connectivity index (χ0n) is 20.3. The molecule has 1 N–H and O–H groups in total. The molecule has 9 heteroatoms. The van der Waals surface area contributed by atoms with Crippen molar-refractivity contribution in [1.29, 1.82) is 0 Å². The maximum Gasteiger partial charge on any atom is 0.409 e. The Bertz CT molecular complexity index is 1210. The third kappa shape index (κ3) is 5.19. The molecule has 1 aliphatic rings. The summed E-state index contributed by atoms with van der Waals surface area (Å²) in [6, 6.07) is 12.2. The zero-order chi connectivity index (χ0) is 24.9. The summed E-state index contributed by atoms with van der Waals surface area (Å²) in [5.74, 6) is 1.23. The molecule has 3 aromatic rings. The van der Waals surface area contributed by atoms with Crippen molar-refractivity contribution in [2.24, 2.45) is 0 Å². The molecule has 2 aromatic heterocycles. The van der Waals surface area contributed by atoms with E-state index in [1.165, 1.54) is 0 Å². The lowest BCUT2D eigenvalue weighted by Crippen LogP contribution is -2.50. The first-order valence-corrected chi connectivity index (χ1v) is 11.7. The Morgan fingerprint density at radius 2 is 1.91 bits per heavy atom. The van der Waals surface area contributed by atoms with Crippen molar-refractivity contribution in [2.75, 3.05) is 39.9 Å². The Morgan fingerprint density at radius 1 is 1.14 bits per heavy atom. The number of ether oxygens (including phenoxy) is 2. The van der Waals surface area contributed by atoms with Crippen molar-refractivity contribution in [2.45, 2.75) is 26.4 Å². The van der Waals surface area contributed by atoms with E-state index in [2.05, 4.69) is 4.90 Å². The lowest BCUT2D eigenvalue weighted by atomic mass is 9.95. The number of piperazine rings is 1. The molecular weight excluding hydrogens is 450 g/mol. The van der Waals surface area contributed by atoms with Gasteiger partial charge < -0.3 is 28.5 Å². The lowest BCUT2D eigenvalue weighted by Gasteiger charge is -2.39. The van der Waals surface area contributed by atoms with Crippen molar-refractivity contribution in [3.05, 3.63) is 81.7 Å². The van der Waals surface area contributed by atoms with E-state index in [4.69, 9.17) is 13.9 Å². The molecule has 1 aliphatic heterocycles. The Labute approximate surface area is 204 Å². The number of aromatic nitrogens is 1. The summed E-state index contributed by atoms with van der Waals surface area (Å²) in [7, 11) is 1.59. The number of hydrogen-bond acceptors (Lipinski definition) is 7. The van der Waals surface area contributed by atoms with Gasteiger partial charge in [0.1, 0.15) is 17.3 Å². The van der Waals surface area contributed by atoms with Crippen LogP contribution in [0.2, 0.25) is 0 Å². The Kier molecular flexibility index (Phi) is 7.45. The maximum atomic E-state index is 13.8. The van der Waals surface area contributed by atoms with Gasteiger partial charge in [-0.2, -0.15) is 0 Å². The SMILES string of the molecule is CCOC(=O)N1CCN(C(c2cccc(OC)c2)c2c(O)cc(C)n(Cc3ccco3)c2=O)CC1. The summed E-state index contributed by atoms with van der Waals surface area (Å²) < 4.78 is 17.6. The van der Waals surface area contributed by atoms with Gasteiger partial charge in [-0.25, -0.2) is 4.79 Å². The fourth-order valence-electron chi connectivity index (χ4n) is 4.53. The van der Waals surface area contributed by atoms with Crippen LogP contribution in [0, 0.1) is 6.92 Å². The molecule has 1 fully saturated rings. The van der Waals surface area contributed by atoms with Crippen molar-refractivity contribution in [3.63, 3.8) is 0 Å². The van der Waals surface area contributed by atoms with E-state index in [9.17, 15) is 14.7 Å². The number of hydrogen-bond donors (Lipinski definition) is 1. The van der Waals surface area contributed by atoms with Gasteiger partial charge in [-0.1, -0.05) is 12.1 Å². The molecule has 4 rings (SSSR count). The van der Waals surface area contributed by atoms with E-state index in [1.807, 2.05) is 30.3 Å². The number of nitrogens with zero attached hydrogens (tertiary/aromatic N) is 3. The van der Waals surface area contributed by atoms with Gasteiger partial charge >= 0.3 is 6.09 Å². The van der Waals surface area contributed by atoms with Crippen molar-refractivity contribution in [1.82, 2.24) is 14.4 Å². The van der Waals surface area contributed by atoms with Gasteiger partial charge in [-0.15, -0.1) is 0 Å². The smallest absolute Gasteiger partial charge is 0.409 e. The predicted octanol–water partition coefficient (Wildman–Crippen LogP) is 3.38. The first-order chi connectivity index (χ1) is 16.9. The number of amides is 1. The second kappa shape index (κ2) is 10.7. The summed E-state index contributed by atoms with van der Waals surface area (Å²) in [6.07, 6.45) is 1.23. The van der Waals surface area contributed by atoms with Crippen molar-refractivity contribution < 1.29 is 23.8 Å². The molecule has 0 radical (unpaired) electrons. The fourth-order valence-corrected chi connectivity index (χ4v) is 4.53. The number of rotatable bonds is 7. The largest absolute Gasteiger partial charge is 0.507 e. The van der Waals surface area contributed by atoms with Crippen LogP contribution in [0.4, 0.5) is 4.79 Å². The van der Waals surface area contributed by atoms with Gasteiger partial charge in [-0.3, -0.25) is 9.69 Å². The molecule has 1 saturated heterocycles. The molecule has 9 nitrogen and oxygen atoms in total. The molecule has 186 valence electrons. The first kappa shape index (κ1) is 24.4. The Hall–Kier alpha value is -3.72. The second-order valence-corrected chi connectivity index (χ2v) is 8.46. The van der Waals surface area contributed by atoms with Crippen LogP contribution in [0.15, 0.2) is 57.9 Å². The van der Waals surface area contributed by atoms with E-state index >= 15 is 0 Å². The van der Waals surface area contributed by atoms with Gasteiger partial charge in [-0.05, 0) is 49.7 Å². The minimum absolute atomic E-state index is 0.0659. The highest BCUT2D eigenvalue weighted by Gasteiger charge is 2.33. The molecule has 35 heavy (non-hydrogen) atoms. The molecule has 0 bridgehead atoms. The fraction of sp³-hybridized carbons (Fsp3) is 0.385. The summed E-state index contributed by atoms with van der Waals surface area (Å²) in [6.45, 7) is 6.05. The van der Waals surface area contributed by atoms with Crippen LogP contribution in [0.5, 0.6) is 11.5 Å². The lowest BCUT2D eigenvalue weighted by molar-refractivity contribution is 0.0709. The minimum Gasteiger partial charge on any atom is -0.507 e. The Morgan fingerprint density at radius 3 is 2.57 bits per heavy atom. The Balaban J connectivity index is 1.76. The van der Waals surface area contributed by atoms with E-state index in [-0.39, 0.29) is 29.5 Å². The zero-order valence-corrected chi connectivity index (χ0v) is 20.3. The molecule has 1 aromatic carbocycles. The highest BCUT2D eigenvalue weighted by molar-refractivity contribution is 5.67. The van der Waals surface area contributed by atoms with Crippen LogP contribution in [-0.4, -0.2) is 65.5 Å². The molecule has 1 unspecified atom stereocenters. The van der Waals surface area contributed by atoms with Crippen LogP contribution in [0.25, 0.3) is 0 Å². The molecule has 0 aliphatic carbocycles. The number of methoxy groups -OCH3 is 1. The summed E-state index contributed by atoms with van der Waals surface area (Å²) in [5, 5.41) is 11.0. The van der Waals surface area contributed by atoms with Crippen LogP contribution in [0.1, 0.15) is 35.5 Å². The number of carbonyl (C=O) groups is 1. The minimum atomic E-state index is -0.537. The topological polar surface area (TPSA) is 97.4 Å². The number of pyridine rings is 1. The van der Waals surface area contributed by atoms with Crippen LogP contribution in [0.3, 0.4) is 0 Å². The standard InChI is InChI=1S/C26H31N3O6/c1-4-34-26(32)28-12-10-27(11-13-28)24(19-7-5-8-20(16-19)33-3)23-22(30)15-18(2)29(25(23)31)17-21-9-6-14-35-21/h5-9,14-16,24,30H,4,10-13,17H2,1-3H3. The van der Waals surface area contributed by atoms with Crippen LogP contribution in [-0.2, 0) is 11.3 Å². The predicted molar refractivity (Wildman–Crippen MR) is 130 cm³/mol. The molecule has 0 saturated carbocycles. The summed E-state index contributed by atoms with van der Waals surface area (Å²) in [5.41, 5.74) is 1.43. The van der Waals surface area contributed by atoms with E-state index in [1.54, 1.807) is 48.8 Å². The van der Waals surface area contributed by atoms with E-state index < -0.39 is 6.04 Å². The summed E-state index contributed by atoms with van der Waals surface area (Å²) >= 11 is 0. The molecule has 0 spiro atoms. The molecule has 1 amide bonds. The molecule has 1 atom stereocenters. The average Bonchev–Trinajstić information content (AvgIpc) is 3.38. The number of furan rings is 1. The quantitative estimate of drug-likeness (QED) is 0.553. The third-order valence-corrected chi connectivity index (χ3v) is 6.31. The second-order valence-electron chi connectivity index (χ2n) is 8.46. The average molecular weight is 482 g/mol. The van der Waals surface area contributed by atoms with E-state index in [0.29, 0.717) is 50.0 Å². The maximum absolute atomic E-state index is 13.8. The number of aryl methyl sites for hydroxylation is 1. The highest BCUT2D eigenvalue weighted by atomic mass is 16.6. The highest BCUT2D eigenvalue weighted by Crippen LogP contribution is 2.34. The van der Waals surface area contributed by atoms with Gasteiger partial charge in [0.05, 0.1) is 38.1 Å². The van der Waals surface area contributed by atoms with E-state index in [0.717, 1.165) is 5.56 Å². The van der Waals surface area contributed by atoms with Gasteiger partial charge in [0.15, 0.2) is 0 Å². The number of carbonyl (C=O) groups excluding carboxylic acids is 1. The van der Waals surface area contributed by atoms with Gasteiger partial charge in [0, 0.05) is 31.9 Å². The third-order valence-electron chi connectivity index (χ3n) is 6.31. The van der Waals surface area contributed by atoms with Crippen LogP contribution < -0.4 is 10.3 Å². The molecular formula is C26H31N3O6. The number of benzene rings is 1. The monoisotopic (exact) mass is 481 g/mol. The normalized spacial score (nSPS) is 15.1. The van der Waals surface area contributed by atoms with Crippen molar-refractivity contribution in [3.8, 4) is 11.5 Å². The van der Waals surface area contributed by atoms with Crippen LogP contribution >= 0.6 is 0 Å². The number of aromatic hydroxyl groups is 1.